The van der Waals surface area contributed by atoms with Crippen LogP contribution in [0.3, 0.4) is 0 Å². The van der Waals surface area contributed by atoms with Crippen molar-refractivity contribution in [1.29, 1.82) is 0 Å². The van der Waals surface area contributed by atoms with Gasteiger partial charge in [-0.05, 0) is 26.3 Å². The van der Waals surface area contributed by atoms with Crippen LogP contribution in [0.4, 0.5) is 0 Å². The van der Waals surface area contributed by atoms with Gasteiger partial charge >= 0.3 is 0 Å². The van der Waals surface area contributed by atoms with E-state index in [9.17, 15) is 5.11 Å². The summed E-state index contributed by atoms with van der Waals surface area (Å²) in [7, 11) is 0. The van der Waals surface area contributed by atoms with Crippen molar-refractivity contribution in [3.05, 3.63) is 0 Å². The van der Waals surface area contributed by atoms with Crippen molar-refractivity contribution in [3.63, 3.8) is 0 Å². The van der Waals surface area contributed by atoms with Crippen molar-refractivity contribution in [2.75, 3.05) is 26.2 Å². The molecule has 1 aliphatic rings. The van der Waals surface area contributed by atoms with E-state index < -0.39 is 5.60 Å². The summed E-state index contributed by atoms with van der Waals surface area (Å²) in [5.74, 6) is 0. The number of hydrogen-bond donors (Lipinski definition) is 4. The summed E-state index contributed by atoms with van der Waals surface area (Å²) < 4.78 is 0. The first kappa shape index (κ1) is 10.9. The van der Waals surface area contributed by atoms with Crippen LogP contribution in [-0.2, 0) is 0 Å². The average Bonchev–Trinajstić information content (AvgIpc) is 2.57. The lowest BCUT2D eigenvalue weighted by molar-refractivity contribution is 0.00261. The molecular weight excluding hydrogens is 168 g/mol. The fourth-order valence-electron chi connectivity index (χ4n) is 1.50. The zero-order valence-electron chi connectivity index (χ0n) is 8.21. The van der Waals surface area contributed by atoms with Crippen LogP contribution >= 0.6 is 0 Å². The largest absolute Gasteiger partial charge is 0.393 e. The van der Waals surface area contributed by atoms with Crippen molar-refractivity contribution in [2.24, 2.45) is 0 Å². The minimum atomic E-state index is -0.987. The van der Waals surface area contributed by atoms with Crippen LogP contribution in [0.1, 0.15) is 19.8 Å². The van der Waals surface area contributed by atoms with Gasteiger partial charge in [-0.1, -0.05) is 0 Å². The second kappa shape index (κ2) is 4.91. The number of aliphatic hydroxyl groups excluding tert-OH is 1. The normalized spacial score (nSPS) is 27.5. The van der Waals surface area contributed by atoms with E-state index in [2.05, 4.69) is 10.6 Å². The van der Waals surface area contributed by atoms with Gasteiger partial charge < -0.3 is 20.8 Å². The average molecular weight is 188 g/mol. The molecule has 1 aliphatic heterocycles. The molecule has 1 rings (SSSR count). The summed E-state index contributed by atoms with van der Waals surface area (Å²) >= 11 is 0. The number of nitrogens with one attached hydrogen (secondary N) is 2. The molecule has 78 valence electrons. The van der Waals surface area contributed by atoms with Gasteiger partial charge in [0.05, 0.1) is 12.2 Å². The Morgan fingerprint density at radius 1 is 1.62 bits per heavy atom. The zero-order chi connectivity index (χ0) is 9.73. The zero-order valence-corrected chi connectivity index (χ0v) is 8.21. The molecule has 0 aliphatic carbocycles. The first-order valence-corrected chi connectivity index (χ1v) is 4.91. The summed E-state index contributed by atoms with van der Waals surface area (Å²) in [4.78, 5) is 0. The molecule has 1 heterocycles. The SMILES string of the molecule is CC(O)(CO)CNCC1CCCN1. The van der Waals surface area contributed by atoms with Crippen LogP contribution in [0.15, 0.2) is 0 Å². The van der Waals surface area contributed by atoms with Gasteiger partial charge in [-0.3, -0.25) is 0 Å². The molecular formula is C9H20N2O2. The maximum Gasteiger partial charge on any atom is 0.0972 e. The molecule has 2 unspecified atom stereocenters. The molecule has 0 saturated carbocycles. The van der Waals surface area contributed by atoms with Gasteiger partial charge in [-0.2, -0.15) is 0 Å². The van der Waals surface area contributed by atoms with Gasteiger partial charge in [0.2, 0.25) is 0 Å². The fourth-order valence-corrected chi connectivity index (χ4v) is 1.50. The van der Waals surface area contributed by atoms with Crippen molar-refractivity contribution in [2.45, 2.75) is 31.4 Å². The lowest BCUT2D eigenvalue weighted by Crippen LogP contribution is -2.44. The molecule has 0 radical (unpaired) electrons. The molecule has 0 spiro atoms. The van der Waals surface area contributed by atoms with Crippen molar-refractivity contribution in [3.8, 4) is 0 Å². The topological polar surface area (TPSA) is 64.5 Å². The standard InChI is InChI=1S/C9H20N2O2/c1-9(13,7-12)6-10-5-8-3-2-4-11-8/h8,10-13H,2-7H2,1H3. The minimum Gasteiger partial charge on any atom is -0.393 e. The molecule has 4 N–H and O–H groups in total. The lowest BCUT2D eigenvalue weighted by Gasteiger charge is -2.22. The first-order chi connectivity index (χ1) is 6.14. The summed E-state index contributed by atoms with van der Waals surface area (Å²) in [5.41, 5.74) is -0.987. The predicted octanol–water partition coefficient (Wildman–Crippen LogP) is -0.929. The van der Waals surface area contributed by atoms with Crippen LogP contribution in [-0.4, -0.2) is 48.1 Å². The van der Waals surface area contributed by atoms with E-state index in [-0.39, 0.29) is 6.61 Å². The van der Waals surface area contributed by atoms with E-state index in [1.807, 2.05) is 0 Å². The summed E-state index contributed by atoms with van der Waals surface area (Å²) in [6.45, 7) is 3.85. The Kier molecular flexibility index (Phi) is 4.12. The molecule has 2 atom stereocenters. The molecule has 4 heteroatoms. The third kappa shape index (κ3) is 4.04. The van der Waals surface area contributed by atoms with E-state index in [1.165, 1.54) is 12.8 Å². The highest BCUT2D eigenvalue weighted by atomic mass is 16.3. The second-order valence-electron chi connectivity index (χ2n) is 4.08. The molecule has 0 aromatic carbocycles. The second-order valence-corrected chi connectivity index (χ2v) is 4.08. The number of aliphatic hydroxyl groups is 2. The van der Waals surface area contributed by atoms with E-state index in [0.29, 0.717) is 12.6 Å². The van der Waals surface area contributed by atoms with Gasteiger partial charge in [0.15, 0.2) is 0 Å². The van der Waals surface area contributed by atoms with Crippen LogP contribution in [0.25, 0.3) is 0 Å². The Labute approximate surface area is 79.3 Å². The van der Waals surface area contributed by atoms with E-state index in [0.717, 1.165) is 13.1 Å². The van der Waals surface area contributed by atoms with Gasteiger partial charge in [-0.25, -0.2) is 0 Å². The Morgan fingerprint density at radius 3 is 2.92 bits per heavy atom. The van der Waals surface area contributed by atoms with Gasteiger partial charge in [0, 0.05) is 19.1 Å². The molecule has 0 amide bonds. The van der Waals surface area contributed by atoms with Crippen molar-refractivity contribution < 1.29 is 10.2 Å². The minimum absolute atomic E-state index is 0.196. The van der Waals surface area contributed by atoms with Crippen LogP contribution in [0.5, 0.6) is 0 Å². The predicted molar refractivity (Wildman–Crippen MR) is 51.6 cm³/mol. The van der Waals surface area contributed by atoms with Crippen molar-refractivity contribution in [1.82, 2.24) is 10.6 Å². The molecule has 13 heavy (non-hydrogen) atoms. The Bertz CT molecular complexity index is 145. The summed E-state index contributed by atoms with van der Waals surface area (Å²) in [6, 6.07) is 0.537. The quantitative estimate of drug-likeness (QED) is 0.450. The van der Waals surface area contributed by atoms with Gasteiger partial charge in [0.1, 0.15) is 0 Å². The molecule has 4 nitrogen and oxygen atoms in total. The maximum atomic E-state index is 9.46. The Balaban J connectivity index is 2.06. The van der Waals surface area contributed by atoms with E-state index in [1.54, 1.807) is 6.92 Å². The van der Waals surface area contributed by atoms with Crippen LogP contribution in [0, 0.1) is 0 Å². The highest BCUT2D eigenvalue weighted by Crippen LogP contribution is 2.04. The van der Waals surface area contributed by atoms with Gasteiger partial charge in [0.25, 0.3) is 0 Å². The third-order valence-corrected chi connectivity index (χ3v) is 2.40. The van der Waals surface area contributed by atoms with Crippen molar-refractivity contribution >= 4 is 0 Å². The van der Waals surface area contributed by atoms with E-state index >= 15 is 0 Å². The molecule has 1 fully saturated rings. The smallest absolute Gasteiger partial charge is 0.0972 e. The number of hydrogen-bond acceptors (Lipinski definition) is 4. The van der Waals surface area contributed by atoms with Gasteiger partial charge in [-0.15, -0.1) is 0 Å². The molecule has 0 aromatic rings. The first-order valence-electron chi connectivity index (χ1n) is 4.91. The lowest BCUT2D eigenvalue weighted by atomic mass is 10.1. The Hall–Kier alpha value is -0.160. The highest BCUT2D eigenvalue weighted by Gasteiger charge is 2.19. The Morgan fingerprint density at radius 2 is 2.38 bits per heavy atom. The molecule has 0 bridgehead atoms. The molecule has 0 aromatic heterocycles. The van der Waals surface area contributed by atoms with Crippen LogP contribution < -0.4 is 10.6 Å². The maximum absolute atomic E-state index is 9.46. The van der Waals surface area contributed by atoms with Crippen LogP contribution in [0.2, 0.25) is 0 Å². The number of rotatable bonds is 5. The fraction of sp³-hybridized carbons (Fsp3) is 1.00. The summed E-state index contributed by atoms with van der Waals surface area (Å²) in [5, 5.41) is 24.7. The summed E-state index contributed by atoms with van der Waals surface area (Å²) in [6.07, 6.45) is 2.44. The highest BCUT2D eigenvalue weighted by molar-refractivity contribution is 4.79. The van der Waals surface area contributed by atoms with E-state index in [4.69, 9.17) is 5.11 Å². The third-order valence-electron chi connectivity index (χ3n) is 2.40. The monoisotopic (exact) mass is 188 g/mol. The molecule has 1 saturated heterocycles.